The van der Waals surface area contributed by atoms with Gasteiger partial charge >= 0.3 is 0 Å². The average molecular weight is 498 g/mol. The van der Waals surface area contributed by atoms with E-state index in [1.807, 2.05) is 12.1 Å². The van der Waals surface area contributed by atoms with Crippen LogP contribution in [-0.4, -0.2) is 46.2 Å². The van der Waals surface area contributed by atoms with E-state index in [1.165, 1.54) is 19.2 Å². The Labute approximate surface area is 208 Å². The number of benzene rings is 2. The Hall–Kier alpha value is -3.79. The van der Waals surface area contributed by atoms with Gasteiger partial charge in [0.05, 0.1) is 19.0 Å². The van der Waals surface area contributed by atoms with Gasteiger partial charge in [0, 0.05) is 35.8 Å². The fourth-order valence-corrected chi connectivity index (χ4v) is 4.17. The first kappa shape index (κ1) is 25.3. The van der Waals surface area contributed by atoms with Crippen molar-refractivity contribution >= 4 is 17.5 Å². The van der Waals surface area contributed by atoms with Gasteiger partial charge in [-0.15, -0.1) is 0 Å². The normalized spacial score (nSPS) is 15.1. The largest absolute Gasteiger partial charge is 0.496 e. The third-order valence-electron chi connectivity index (χ3n) is 5.93. The Morgan fingerprint density at radius 3 is 2.61 bits per heavy atom. The highest BCUT2D eigenvalue weighted by Crippen LogP contribution is 2.35. The first-order valence-corrected chi connectivity index (χ1v) is 11.7. The fourth-order valence-electron chi connectivity index (χ4n) is 4.17. The highest BCUT2D eigenvalue weighted by Gasteiger charge is 2.31. The predicted octanol–water partition coefficient (Wildman–Crippen LogP) is 4.82. The summed E-state index contributed by atoms with van der Waals surface area (Å²) in [6.07, 6.45) is -0.185. The molecule has 0 aliphatic carbocycles. The van der Waals surface area contributed by atoms with Crippen LogP contribution in [0.3, 0.4) is 0 Å². The number of aromatic nitrogens is 2. The van der Waals surface area contributed by atoms with Crippen molar-refractivity contribution < 1.29 is 23.0 Å². The molecule has 3 aromatic rings. The first-order chi connectivity index (χ1) is 17.2. The van der Waals surface area contributed by atoms with Crippen LogP contribution in [0.5, 0.6) is 11.5 Å². The molecule has 2 N–H and O–H groups in total. The summed E-state index contributed by atoms with van der Waals surface area (Å²) >= 11 is 0. The number of carbonyl (C=O) groups is 1. The van der Waals surface area contributed by atoms with Crippen molar-refractivity contribution in [1.29, 1.82) is 0 Å². The minimum atomic E-state index is -1.15. The molecule has 2 aromatic carbocycles. The van der Waals surface area contributed by atoms with E-state index >= 15 is 0 Å². The van der Waals surface area contributed by atoms with Crippen LogP contribution in [0.25, 0.3) is 11.3 Å². The Kier molecular flexibility index (Phi) is 7.35. The summed E-state index contributed by atoms with van der Waals surface area (Å²) in [5.41, 5.74) is 1.62. The summed E-state index contributed by atoms with van der Waals surface area (Å²) < 4.78 is 39.5. The number of hydrogen-bond donors (Lipinski definition) is 2. The average Bonchev–Trinajstić information content (AvgIpc) is 2.83. The van der Waals surface area contributed by atoms with Crippen LogP contribution in [0.2, 0.25) is 0 Å². The zero-order valence-corrected chi connectivity index (χ0v) is 20.8. The van der Waals surface area contributed by atoms with Crippen molar-refractivity contribution in [2.75, 3.05) is 17.7 Å². The second kappa shape index (κ2) is 10.4. The molecule has 0 radical (unpaired) electrons. The van der Waals surface area contributed by atoms with Crippen LogP contribution in [0.4, 0.5) is 20.4 Å². The van der Waals surface area contributed by atoms with Crippen molar-refractivity contribution in [3.8, 4) is 22.8 Å². The van der Waals surface area contributed by atoms with Gasteiger partial charge in [-0.25, -0.2) is 18.7 Å². The lowest BCUT2D eigenvalue weighted by atomic mass is 10.1. The molecule has 0 fully saturated rings. The van der Waals surface area contributed by atoms with E-state index in [0.717, 1.165) is 17.8 Å². The van der Waals surface area contributed by atoms with Gasteiger partial charge in [0.1, 0.15) is 17.3 Å². The van der Waals surface area contributed by atoms with E-state index in [0.29, 0.717) is 30.1 Å². The lowest BCUT2D eigenvalue weighted by molar-refractivity contribution is -0.122. The van der Waals surface area contributed by atoms with Crippen molar-refractivity contribution in [3.63, 3.8) is 0 Å². The molecule has 1 atom stereocenters. The highest BCUT2D eigenvalue weighted by atomic mass is 19.1. The van der Waals surface area contributed by atoms with E-state index in [-0.39, 0.29) is 23.0 Å². The molecule has 1 aliphatic heterocycles. The van der Waals surface area contributed by atoms with Crippen molar-refractivity contribution in [2.24, 2.45) is 0 Å². The highest BCUT2D eigenvalue weighted by molar-refractivity contribution is 5.99. The summed E-state index contributed by atoms with van der Waals surface area (Å²) in [6, 6.07) is 9.90. The number of ether oxygens (including phenoxy) is 2. The van der Waals surface area contributed by atoms with E-state index in [9.17, 15) is 13.6 Å². The number of rotatable bonds is 8. The number of carbonyl (C=O) groups excluding carboxylic acids is 1. The number of nitrogens with one attached hydrogen (secondary N) is 2. The number of anilines is 2. The standard InChI is InChI=1S/C26H29F2N5O3/c1-14(2)33(15(3)4)13-16-7-6-8-20-23(16)36-25(24(34)30-20)32-26-29-12-19(28)22(31-26)18-10-9-17(27)11-21(18)35-5/h6-12,14-15,25H,13H2,1-5H3,(H,30,34)(H,29,31,32). The minimum absolute atomic E-state index is 0.0372. The van der Waals surface area contributed by atoms with Crippen LogP contribution in [0, 0.1) is 11.6 Å². The maximum absolute atomic E-state index is 14.6. The Bertz CT molecular complexity index is 1260. The summed E-state index contributed by atoms with van der Waals surface area (Å²) in [4.78, 5) is 23.3. The number of methoxy groups -OCH3 is 1. The third kappa shape index (κ3) is 5.23. The van der Waals surface area contributed by atoms with E-state index in [2.05, 4.69) is 53.2 Å². The van der Waals surface area contributed by atoms with Gasteiger partial charge in [-0.2, -0.15) is 0 Å². The Morgan fingerprint density at radius 2 is 1.92 bits per heavy atom. The van der Waals surface area contributed by atoms with Crippen LogP contribution in [0.1, 0.15) is 33.3 Å². The van der Waals surface area contributed by atoms with Gasteiger partial charge in [0.15, 0.2) is 11.6 Å². The number of fused-ring (bicyclic) bond motifs is 1. The van der Waals surface area contributed by atoms with Crippen molar-refractivity contribution in [1.82, 2.24) is 14.9 Å². The molecule has 1 aliphatic rings. The van der Waals surface area contributed by atoms with E-state index in [4.69, 9.17) is 9.47 Å². The quantitative estimate of drug-likeness (QED) is 0.461. The number of amides is 1. The molecule has 0 saturated carbocycles. The lowest BCUT2D eigenvalue weighted by Gasteiger charge is -2.33. The van der Waals surface area contributed by atoms with Crippen molar-refractivity contribution in [3.05, 3.63) is 59.8 Å². The second-order valence-corrected chi connectivity index (χ2v) is 9.02. The van der Waals surface area contributed by atoms with Gasteiger partial charge < -0.3 is 20.1 Å². The van der Waals surface area contributed by atoms with Crippen LogP contribution >= 0.6 is 0 Å². The molecule has 8 nitrogen and oxygen atoms in total. The van der Waals surface area contributed by atoms with Gasteiger partial charge in [0.25, 0.3) is 12.1 Å². The lowest BCUT2D eigenvalue weighted by Crippen LogP contribution is -2.44. The monoisotopic (exact) mass is 497 g/mol. The maximum Gasteiger partial charge on any atom is 0.287 e. The molecule has 1 aromatic heterocycles. The number of nitrogens with zero attached hydrogens (tertiary/aromatic N) is 3. The molecule has 1 amide bonds. The fraction of sp³-hybridized carbons (Fsp3) is 0.346. The smallest absolute Gasteiger partial charge is 0.287 e. The van der Waals surface area contributed by atoms with Gasteiger partial charge in [-0.1, -0.05) is 12.1 Å². The van der Waals surface area contributed by atoms with Gasteiger partial charge in [0.2, 0.25) is 5.95 Å². The number of para-hydroxylation sites is 1. The molecular weight excluding hydrogens is 468 g/mol. The molecule has 1 unspecified atom stereocenters. The topological polar surface area (TPSA) is 88.6 Å². The molecule has 0 spiro atoms. The van der Waals surface area contributed by atoms with Crippen LogP contribution in [0.15, 0.2) is 42.6 Å². The molecule has 0 bridgehead atoms. The third-order valence-corrected chi connectivity index (χ3v) is 5.93. The molecular formula is C26H29F2N5O3. The minimum Gasteiger partial charge on any atom is -0.496 e. The molecule has 36 heavy (non-hydrogen) atoms. The Morgan fingerprint density at radius 1 is 1.17 bits per heavy atom. The van der Waals surface area contributed by atoms with Crippen molar-refractivity contribution in [2.45, 2.75) is 52.6 Å². The summed E-state index contributed by atoms with van der Waals surface area (Å²) in [6.45, 7) is 9.14. The van der Waals surface area contributed by atoms with E-state index in [1.54, 1.807) is 6.07 Å². The zero-order chi connectivity index (χ0) is 26.0. The predicted molar refractivity (Wildman–Crippen MR) is 133 cm³/mol. The number of halogens is 2. The number of hydrogen-bond acceptors (Lipinski definition) is 7. The molecule has 0 saturated heterocycles. The van der Waals surface area contributed by atoms with Crippen LogP contribution in [-0.2, 0) is 11.3 Å². The molecule has 2 heterocycles. The zero-order valence-electron chi connectivity index (χ0n) is 20.8. The van der Waals surface area contributed by atoms with Crippen LogP contribution < -0.4 is 20.1 Å². The SMILES string of the molecule is COc1cc(F)ccc1-c1nc(NC2Oc3c(CN(C(C)C)C(C)C)cccc3NC2=O)ncc1F. The molecule has 10 heteroatoms. The summed E-state index contributed by atoms with van der Waals surface area (Å²) in [7, 11) is 1.35. The van der Waals surface area contributed by atoms with Gasteiger partial charge in [-0.3, -0.25) is 9.69 Å². The molecule has 4 rings (SSSR count). The summed E-state index contributed by atoms with van der Waals surface area (Å²) in [5.74, 6) is -1.08. The summed E-state index contributed by atoms with van der Waals surface area (Å²) in [5, 5.41) is 5.68. The first-order valence-electron chi connectivity index (χ1n) is 11.7. The second-order valence-electron chi connectivity index (χ2n) is 9.02. The van der Waals surface area contributed by atoms with Gasteiger partial charge in [-0.05, 0) is 45.9 Å². The Balaban J connectivity index is 1.62. The van der Waals surface area contributed by atoms with E-state index < -0.39 is 23.8 Å². The molecule has 190 valence electrons. The maximum atomic E-state index is 14.6.